The van der Waals surface area contributed by atoms with Gasteiger partial charge in [0.25, 0.3) is 0 Å². The summed E-state index contributed by atoms with van der Waals surface area (Å²) in [6.07, 6.45) is 3.31. The quantitative estimate of drug-likeness (QED) is 0.812. The summed E-state index contributed by atoms with van der Waals surface area (Å²) in [7, 11) is 0. The lowest BCUT2D eigenvalue weighted by molar-refractivity contribution is -0.145. The third-order valence-corrected chi connectivity index (χ3v) is 4.85. The third kappa shape index (κ3) is 4.82. The Morgan fingerprint density at radius 2 is 2.00 bits per heavy atom. The van der Waals surface area contributed by atoms with Crippen molar-refractivity contribution in [1.82, 2.24) is 4.90 Å². The van der Waals surface area contributed by atoms with Crippen molar-refractivity contribution in [3.05, 3.63) is 29.8 Å². The summed E-state index contributed by atoms with van der Waals surface area (Å²) in [5.74, 6) is -0.710. The van der Waals surface area contributed by atoms with Crippen LogP contribution in [-0.2, 0) is 20.8 Å². The monoisotopic (exact) mass is 334 g/mol. The molecule has 1 fully saturated rings. The molecule has 1 saturated heterocycles. The smallest absolute Gasteiger partial charge is 0.244 e. The number of anilines is 1. The van der Waals surface area contributed by atoms with E-state index >= 15 is 0 Å². The molecule has 2 rings (SSSR count). The summed E-state index contributed by atoms with van der Waals surface area (Å²) in [6.45, 7) is 3.68. The second kappa shape index (κ2) is 8.15. The number of carbonyl (C=O) groups excluding carboxylic acids is 3. The lowest BCUT2D eigenvalue weighted by Gasteiger charge is -2.27. The summed E-state index contributed by atoms with van der Waals surface area (Å²) in [5.41, 5.74) is 1.91. The summed E-state index contributed by atoms with van der Waals surface area (Å²) in [6, 6.07) is 7.67. The molecular weight excluding hydrogens is 312 g/mol. The maximum Gasteiger partial charge on any atom is 0.244 e. The minimum atomic E-state index is -0.355. The van der Waals surface area contributed by atoms with Gasteiger partial charge >= 0.3 is 0 Å². The predicted octanol–water partition coefficient (Wildman–Crippen LogP) is 2.46. The van der Waals surface area contributed by atoms with Crippen molar-refractivity contribution in [1.29, 1.82) is 0 Å². The molecular formula is C17H22N2O3S. The molecule has 6 heteroatoms. The van der Waals surface area contributed by atoms with E-state index in [9.17, 15) is 14.4 Å². The van der Waals surface area contributed by atoms with Gasteiger partial charge in [-0.1, -0.05) is 25.5 Å². The Morgan fingerprint density at radius 3 is 2.65 bits per heavy atom. The number of nitrogens with zero attached hydrogens (tertiary/aromatic N) is 1. The number of aryl methyl sites for hydroxylation is 1. The van der Waals surface area contributed by atoms with Gasteiger partial charge in [-0.3, -0.25) is 19.3 Å². The molecule has 1 aliphatic heterocycles. The Hall–Kier alpha value is -1.82. The van der Waals surface area contributed by atoms with E-state index in [4.69, 9.17) is 0 Å². The summed E-state index contributed by atoms with van der Waals surface area (Å²) < 4.78 is 0. The van der Waals surface area contributed by atoms with E-state index in [2.05, 4.69) is 12.2 Å². The number of amides is 3. The average molecular weight is 334 g/mol. The third-order valence-electron chi connectivity index (χ3n) is 3.73. The number of carbonyl (C=O) groups is 3. The number of benzene rings is 1. The van der Waals surface area contributed by atoms with E-state index in [1.165, 1.54) is 17.3 Å². The SMILES string of the molecule is CCCCc1ccc(NC(=O)CN2C(=O)CS[C@@H](C)C2=O)cc1. The highest BCUT2D eigenvalue weighted by Gasteiger charge is 2.33. The minimum absolute atomic E-state index is 0.222. The molecule has 1 aliphatic rings. The maximum absolute atomic E-state index is 12.1. The highest BCUT2D eigenvalue weighted by molar-refractivity contribution is 8.01. The highest BCUT2D eigenvalue weighted by atomic mass is 32.2. The van der Waals surface area contributed by atoms with Crippen LogP contribution in [0, 0.1) is 0 Å². The van der Waals surface area contributed by atoms with E-state index in [1.54, 1.807) is 6.92 Å². The van der Waals surface area contributed by atoms with Crippen molar-refractivity contribution in [2.75, 3.05) is 17.6 Å². The fraction of sp³-hybridized carbons (Fsp3) is 0.471. The van der Waals surface area contributed by atoms with Gasteiger partial charge in [-0.25, -0.2) is 0 Å². The molecule has 0 aliphatic carbocycles. The largest absolute Gasteiger partial charge is 0.325 e. The number of hydrogen-bond acceptors (Lipinski definition) is 4. The molecule has 1 heterocycles. The predicted molar refractivity (Wildman–Crippen MR) is 92.3 cm³/mol. The molecule has 0 unspecified atom stereocenters. The molecule has 124 valence electrons. The fourth-order valence-corrected chi connectivity index (χ4v) is 3.15. The van der Waals surface area contributed by atoms with Crippen LogP contribution in [0.3, 0.4) is 0 Å². The molecule has 1 atom stereocenters. The normalized spacial score (nSPS) is 18.2. The van der Waals surface area contributed by atoms with Crippen LogP contribution in [0.5, 0.6) is 0 Å². The van der Waals surface area contributed by atoms with E-state index in [1.807, 2.05) is 24.3 Å². The van der Waals surface area contributed by atoms with Gasteiger partial charge in [0.15, 0.2) is 0 Å². The molecule has 0 bridgehead atoms. The van der Waals surface area contributed by atoms with Gasteiger partial charge in [-0.15, -0.1) is 11.8 Å². The minimum Gasteiger partial charge on any atom is -0.325 e. The Bertz CT molecular complexity index is 586. The molecule has 3 amide bonds. The van der Waals surface area contributed by atoms with Crippen LogP contribution in [0.25, 0.3) is 0 Å². The van der Waals surface area contributed by atoms with Gasteiger partial charge in [0.2, 0.25) is 17.7 Å². The van der Waals surface area contributed by atoms with Crippen molar-refractivity contribution in [3.63, 3.8) is 0 Å². The van der Waals surface area contributed by atoms with Crippen molar-refractivity contribution in [3.8, 4) is 0 Å². The van der Waals surface area contributed by atoms with Crippen LogP contribution in [0.2, 0.25) is 0 Å². The molecule has 1 aromatic carbocycles. The first-order chi connectivity index (χ1) is 11.0. The Morgan fingerprint density at radius 1 is 1.30 bits per heavy atom. The molecule has 23 heavy (non-hydrogen) atoms. The average Bonchev–Trinajstić information content (AvgIpc) is 2.54. The van der Waals surface area contributed by atoms with Crippen molar-refractivity contribution < 1.29 is 14.4 Å². The van der Waals surface area contributed by atoms with E-state index in [0.29, 0.717) is 5.69 Å². The van der Waals surface area contributed by atoms with Crippen LogP contribution in [0.15, 0.2) is 24.3 Å². The molecule has 1 aromatic rings. The van der Waals surface area contributed by atoms with Crippen LogP contribution in [0.4, 0.5) is 5.69 Å². The van der Waals surface area contributed by atoms with Crippen molar-refractivity contribution in [2.45, 2.75) is 38.4 Å². The first-order valence-electron chi connectivity index (χ1n) is 7.86. The number of imide groups is 1. The Labute approximate surface area is 140 Å². The van der Waals surface area contributed by atoms with Crippen LogP contribution in [-0.4, -0.2) is 40.2 Å². The maximum atomic E-state index is 12.1. The first-order valence-corrected chi connectivity index (χ1v) is 8.90. The molecule has 0 radical (unpaired) electrons. The van der Waals surface area contributed by atoms with Gasteiger partial charge in [0, 0.05) is 5.69 Å². The van der Waals surface area contributed by atoms with E-state index in [-0.39, 0.29) is 35.3 Å². The van der Waals surface area contributed by atoms with Gasteiger partial charge < -0.3 is 5.32 Å². The van der Waals surface area contributed by atoms with Gasteiger partial charge in [-0.2, -0.15) is 0 Å². The number of hydrogen-bond donors (Lipinski definition) is 1. The zero-order valence-electron chi connectivity index (χ0n) is 13.5. The summed E-state index contributed by atoms with van der Waals surface area (Å²) >= 11 is 1.30. The Balaban J connectivity index is 1.91. The molecule has 0 aromatic heterocycles. The topological polar surface area (TPSA) is 66.5 Å². The van der Waals surface area contributed by atoms with Crippen molar-refractivity contribution >= 4 is 35.2 Å². The highest BCUT2D eigenvalue weighted by Crippen LogP contribution is 2.20. The second-order valence-corrected chi connectivity index (χ2v) is 6.95. The zero-order chi connectivity index (χ0) is 16.8. The number of nitrogens with one attached hydrogen (secondary N) is 1. The van der Waals surface area contributed by atoms with Gasteiger partial charge in [0.05, 0.1) is 11.0 Å². The Kier molecular flexibility index (Phi) is 6.21. The molecule has 0 spiro atoms. The van der Waals surface area contributed by atoms with Gasteiger partial charge in [-0.05, 0) is 37.5 Å². The van der Waals surface area contributed by atoms with Crippen molar-refractivity contribution in [2.24, 2.45) is 0 Å². The van der Waals surface area contributed by atoms with Crippen LogP contribution >= 0.6 is 11.8 Å². The summed E-state index contributed by atoms with van der Waals surface area (Å²) in [5, 5.41) is 2.46. The van der Waals surface area contributed by atoms with Crippen LogP contribution in [0.1, 0.15) is 32.3 Å². The molecule has 0 saturated carbocycles. The van der Waals surface area contributed by atoms with Crippen LogP contribution < -0.4 is 5.32 Å². The standard InChI is InChI=1S/C17H22N2O3S/c1-3-4-5-13-6-8-14(9-7-13)18-15(20)10-19-16(21)11-23-12(2)17(19)22/h6-9,12H,3-5,10-11H2,1-2H3,(H,18,20)/t12-/m0/s1. The lowest BCUT2D eigenvalue weighted by atomic mass is 10.1. The lowest BCUT2D eigenvalue weighted by Crippen LogP contribution is -2.49. The molecule has 5 nitrogen and oxygen atoms in total. The second-order valence-electron chi connectivity index (χ2n) is 5.62. The number of thioether (sulfide) groups is 1. The van der Waals surface area contributed by atoms with E-state index < -0.39 is 0 Å². The fourth-order valence-electron chi connectivity index (χ4n) is 2.33. The summed E-state index contributed by atoms with van der Waals surface area (Å²) in [4.78, 5) is 36.9. The zero-order valence-corrected chi connectivity index (χ0v) is 14.3. The van der Waals surface area contributed by atoms with Gasteiger partial charge in [0.1, 0.15) is 6.54 Å². The number of unbranched alkanes of at least 4 members (excludes halogenated alkanes) is 1. The first kappa shape index (κ1) is 17.5. The molecule has 1 N–H and O–H groups in total. The number of rotatable bonds is 6. The van der Waals surface area contributed by atoms with E-state index in [0.717, 1.165) is 24.2 Å².